The highest BCUT2D eigenvalue weighted by atomic mass is 19.3. The Morgan fingerprint density at radius 3 is 2.07 bits per heavy atom. The van der Waals surface area contributed by atoms with Gasteiger partial charge in [0, 0.05) is 12.1 Å². The van der Waals surface area contributed by atoms with Crippen LogP contribution < -0.4 is 5.73 Å². The molecule has 0 radical (unpaired) electrons. The molecule has 14 heavy (non-hydrogen) atoms. The van der Waals surface area contributed by atoms with E-state index in [1.165, 1.54) is 0 Å². The van der Waals surface area contributed by atoms with Crippen LogP contribution >= 0.6 is 0 Å². The summed E-state index contributed by atoms with van der Waals surface area (Å²) in [5, 5.41) is 0. The van der Waals surface area contributed by atoms with E-state index in [9.17, 15) is 17.6 Å². The molecular formula is C8H8F4N2. The fourth-order valence-electron chi connectivity index (χ4n) is 1.12. The number of halogens is 4. The van der Waals surface area contributed by atoms with E-state index in [0.717, 1.165) is 0 Å². The van der Waals surface area contributed by atoms with Crippen molar-refractivity contribution >= 4 is 0 Å². The minimum atomic E-state index is -2.90. The van der Waals surface area contributed by atoms with Crippen LogP contribution in [0.25, 0.3) is 0 Å². The zero-order chi connectivity index (χ0) is 10.7. The standard InChI is InChI=1S/C8H8F4N2/c9-5-2-14-3-6(10)7(5)4(1-13)8(11)12/h2-4,8H,1,13H2. The molecule has 1 rings (SSSR count). The summed E-state index contributed by atoms with van der Waals surface area (Å²) in [5.74, 6) is -3.82. The average molecular weight is 208 g/mol. The lowest BCUT2D eigenvalue weighted by Gasteiger charge is -2.14. The average Bonchev–Trinajstić information content (AvgIpc) is 2.10. The van der Waals surface area contributed by atoms with Crippen molar-refractivity contribution in [1.82, 2.24) is 4.98 Å². The summed E-state index contributed by atoms with van der Waals surface area (Å²) in [7, 11) is 0. The molecule has 0 spiro atoms. The molecule has 0 aliphatic carbocycles. The monoisotopic (exact) mass is 208 g/mol. The lowest BCUT2D eigenvalue weighted by atomic mass is 10.00. The predicted octanol–water partition coefficient (Wildman–Crippen LogP) is 1.67. The van der Waals surface area contributed by atoms with Crippen LogP contribution in [0.1, 0.15) is 11.5 Å². The van der Waals surface area contributed by atoms with Crippen LogP contribution in [-0.2, 0) is 0 Å². The van der Waals surface area contributed by atoms with E-state index in [1.807, 2.05) is 0 Å². The fraction of sp³-hybridized carbons (Fsp3) is 0.375. The molecule has 0 amide bonds. The topological polar surface area (TPSA) is 38.9 Å². The Kier molecular flexibility index (Phi) is 3.40. The van der Waals surface area contributed by atoms with Gasteiger partial charge in [-0.05, 0) is 0 Å². The molecule has 0 saturated heterocycles. The number of rotatable bonds is 3. The van der Waals surface area contributed by atoms with Crippen LogP contribution in [0.3, 0.4) is 0 Å². The molecule has 6 heteroatoms. The molecule has 0 fully saturated rings. The molecule has 0 aromatic carbocycles. The van der Waals surface area contributed by atoms with Gasteiger partial charge in [0.05, 0.1) is 18.3 Å². The van der Waals surface area contributed by atoms with Crippen molar-refractivity contribution in [2.24, 2.45) is 5.73 Å². The first kappa shape index (κ1) is 10.9. The summed E-state index contributed by atoms with van der Waals surface area (Å²) in [4.78, 5) is 3.18. The smallest absolute Gasteiger partial charge is 0.246 e. The molecule has 2 N–H and O–H groups in total. The van der Waals surface area contributed by atoms with Gasteiger partial charge in [0.2, 0.25) is 6.43 Å². The summed E-state index contributed by atoms with van der Waals surface area (Å²) < 4.78 is 50.5. The van der Waals surface area contributed by atoms with Crippen LogP contribution in [0.2, 0.25) is 0 Å². The first-order chi connectivity index (χ1) is 6.57. The van der Waals surface area contributed by atoms with Gasteiger partial charge in [-0.3, -0.25) is 4.98 Å². The van der Waals surface area contributed by atoms with Gasteiger partial charge >= 0.3 is 0 Å². The van der Waals surface area contributed by atoms with E-state index < -0.39 is 36.1 Å². The summed E-state index contributed by atoms with van der Waals surface area (Å²) in [5.41, 5.74) is 4.31. The first-order valence-corrected chi connectivity index (χ1v) is 3.85. The van der Waals surface area contributed by atoms with E-state index in [-0.39, 0.29) is 0 Å². The van der Waals surface area contributed by atoms with Crippen LogP contribution in [-0.4, -0.2) is 18.0 Å². The zero-order valence-electron chi connectivity index (χ0n) is 7.05. The lowest BCUT2D eigenvalue weighted by molar-refractivity contribution is 0.113. The molecule has 78 valence electrons. The Hall–Kier alpha value is -1.17. The summed E-state index contributed by atoms with van der Waals surface area (Å²) in [6.45, 7) is -0.518. The third kappa shape index (κ3) is 2.01. The van der Waals surface area contributed by atoms with Crippen molar-refractivity contribution in [3.63, 3.8) is 0 Å². The van der Waals surface area contributed by atoms with Gasteiger partial charge in [0.1, 0.15) is 11.6 Å². The first-order valence-electron chi connectivity index (χ1n) is 3.85. The second kappa shape index (κ2) is 4.36. The van der Waals surface area contributed by atoms with Crippen LogP contribution in [0, 0.1) is 11.6 Å². The fourth-order valence-corrected chi connectivity index (χ4v) is 1.12. The van der Waals surface area contributed by atoms with E-state index in [2.05, 4.69) is 4.98 Å². The highest BCUT2D eigenvalue weighted by molar-refractivity contribution is 5.21. The van der Waals surface area contributed by atoms with E-state index in [4.69, 9.17) is 5.73 Å². The van der Waals surface area contributed by atoms with Gasteiger partial charge in [-0.1, -0.05) is 0 Å². The number of nitrogens with zero attached hydrogens (tertiary/aromatic N) is 1. The molecule has 1 aromatic rings. The number of aromatic nitrogens is 1. The number of alkyl halides is 2. The van der Waals surface area contributed by atoms with E-state index >= 15 is 0 Å². The molecule has 0 aliphatic heterocycles. The molecule has 1 unspecified atom stereocenters. The molecule has 1 atom stereocenters. The van der Waals surface area contributed by atoms with Crippen molar-refractivity contribution in [1.29, 1.82) is 0 Å². The molecular weight excluding hydrogens is 200 g/mol. The third-order valence-corrected chi connectivity index (χ3v) is 1.82. The lowest BCUT2D eigenvalue weighted by Crippen LogP contribution is -2.22. The molecule has 2 nitrogen and oxygen atoms in total. The maximum absolute atomic E-state index is 13.0. The number of nitrogens with two attached hydrogens (primary N) is 1. The Balaban J connectivity index is 3.15. The minimum absolute atomic E-state index is 0.518. The highest BCUT2D eigenvalue weighted by Crippen LogP contribution is 2.26. The maximum atomic E-state index is 13.0. The van der Waals surface area contributed by atoms with E-state index in [0.29, 0.717) is 12.4 Å². The van der Waals surface area contributed by atoms with Crippen molar-refractivity contribution in [2.75, 3.05) is 6.54 Å². The van der Waals surface area contributed by atoms with Crippen LogP contribution in [0.15, 0.2) is 12.4 Å². The number of hydrogen-bond acceptors (Lipinski definition) is 2. The number of pyridine rings is 1. The Morgan fingerprint density at radius 2 is 1.71 bits per heavy atom. The van der Waals surface area contributed by atoms with Gasteiger partial charge < -0.3 is 5.73 Å². The molecule has 1 aromatic heterocycles. The van der Waals surface area contributed by atoms with Crippen molar-refractivity contribution in [3.05, 3.63) is 29.6 Å². The van der Waals surface area contributed by atoms with Crippen molar-refractivity contribution < 1.29 is 17.6 Å². The van der Waals surface area contributed by atoms with Crippen LogP contribution in [0.5, 0.6) is 0 Å². The minimum Gasteiger partial charge on any atom is -0.330 e. The SMILES string of the molecule is NCC(c1c(F)cncc1F)C(F)F. The number of hydrogen-bond donors (Lipinski definition) is 1. The van der Waals surface area contributed by atoms with Gasteiger partial charge in [0.25, 0.3) is 0 Å². The normalized spacial score (nSPS) is 13.3. The molecule has 0 aliphatic rings. The van der Waals surface area contributed by atoms with Crippen molar-refractivity contribution in [2.45, 2.75) is 12.3 Å². The second-order valence-electron chi connectivity index (χ2n) is 2.69. The quantitative estimate of drug-likeness (QED) is 0.767. The Morgan fingerprint density at radius 1 is 1.21 bits per heavy atom. The predicted molar refractivity (Wildman–Crippen MR) is 42.0 cm³/mol. The van der Waals surface area contributed by atoms with Crippen LogP contribution in [0.4, 0.5) is 17.6 Å². The second-order valence-corrected chi connectivity index (χ2v) is 2.69. The Bertz CT molecular complexity index is 296. The largest absolute Gasteiger partial charge is 0.330 e. The van der Waals surface area contributed by atoms with Gasteiger partial charge in [-0.25, -0.2) is 17.6 Å². The summed E-state index contributed by atoms with van der Waals surface area (Å²) in [6.07, 6.45) is -1.53. The molecule has 0 saturated carbocycles. The summed E-state index contributed by atoms with van der Waals surface area (Å²) in [6, 6.07) is 0. The van der Waals surface area contributed by atoms with Gasteiger partial charge in [-0.15, -0.1) is 0 Å². The van der Waals surface area contributed by atoms with Crippen molar-refractivity contribution in [3.8, 4) is 0 Å². The van der Waals surface area contributed by atoms with E-state index in [1.54, 1.807) is 0 Å². The molecule has 1 heterocycles. The highest BCUT2D eigenvalue weighted by Gasteiger charge is 2.27. The Labute approximate surface area is 77.7 Å². The zero-order valence-corrected chi connectivity index (χ0v) is 7.05. The molecule has 0 bridgehead atoms. The van der Waals surface area contributed by atoms with Gasteiger partial charge in [0.15, 0.2) is 0 Å². The third-order valence-electron chi connectivity index (χ3n) is 1.82. The maximum Gasteiger partial charge on any atom is 0.246 e. The van der Waals surface area contributed by atoms with Gasteiger partial charge in [-0.2, -0.15) is 0 Å². The summed E-state index contributed by atoms with van der Waals surface area (Å²) >= 11 is 0.